The maximum atomic E-state index is 2.44. The van der Waals surface area contributed by atoms with Gasteiger partial charge < -0.3 is 0 Å². The molecule has 0 radical (unpaired) electrons. The number of hydrogen-bond donors (Lipinski definition) is 0. The Morgan fingerprint density at radius 3 is 0.939 bits per heavy atom. The third kappa shape index (κ3) is 20.1. The van der Waals surface area contributed by atoms with E-state index in [1.165, 1.54) is 160 Å². The Kier molecular flexibility index (Phi) is 26.9. The normalized spacial score (nSPS) is 11.5. The highest BCUT2D eigenvalue weighted by atomic mass is 31.1. The predicted octanol–water partition coefficient (Wildman–Crippen LogP) is 12.8. The molecule has 1 heteroatoms. The molecule has 0 amide bonds. The smallest absolute Gasteiger partial charge is 0.0289 e. The summed E-state index contributed by atoms with van der Waals surface area (Å²) in [5, 5.41) is 1.92. The molecule has 0 aliphatic rings. The molecule has 0 nitrogen and oxygen atoms in total. The number of rotatable bonds is 26. The molecule has 0 bridgehead atoms. The molecule has 0 fully saturated rings. The summed E-state index contributed by atoms with van der Waals surface area (Å²) in [5.41, 5.74) is 1.81. The number of hydrogen-bond acceptors (Lipinski definition) is 0. The van der Waals surface area contributed by atoms with Crippen molar-refractivity contribution in [2.45, 2.75) is 182 Å². The van der Waals surface area contributed by atoms with E-state index in [2.05, 4.69) is 34.6 Å². The van der Waals surface area contributed by atoms with Gasteiger partial charge in [-0.15, -0.1) is 0 Å². The third-order valence-corrected chi connectivity index (χ3v) is 10.6. The zero-order valence-electron chi connectivity index (χ0n) is 24.1. The van der Waals surface area contributed by atoms with Crippen LogP contribution < -0.4 is 0 Å². The van der Waals surface area contributed by atoms with Gasteiger partial charge in [0.15, 0.2) is 0 Å². The van der Waals surface area contributed by atoms with Gasteiger partial charge in [-0.2, -0.15) is 0 Å². The standard InChI is InChI=1S/C32H65P/c1-6-11-13-15-17-19-21-23-25-27-29-33(32(10-5)31(8-3)9-4)30-28-26-24-22-20-18-16-14-12-7-2/h6-30H2,1-5H3. The van der Waals surface area contributed by atoms with E-state index in [-0.39, 0.29) is 7.92 Å². The highest BCUT2D eigenvalue weighted by Crippen LogP contribution is 2.50. The van der Waals surface area contributed by atoms with E-state index >= 15 is 0 Å². The van der Waals surface area contributed by atoms with Crippen LogP contribution in [0.1, 0.15) is 182 Å². The first kappa shape index (κ1) is 33.2. The second-order valence-electron chi connectivity index (χ2n) is 10.5. The first-order valence-electron chi connectivity index (χ1n) is 15.7. The first-order chi connectivity index (χ1) is 16.2. The Morgan fingerprint density at radius 1 is 0.364 bits per heavy atom. The average Bonchev–Trinajstić information content (AvgIpc) is 2.83. The zero-order valence-corrected chi connectivity index (χ0v) is 25.0. The van der Waals surface area contributed by atoms with Crippen LogP contribution in [0.4, 0.5) is 0 Å². The summed E-state index contributed by atoms with van der Waals surface area (Å²) in [7, 11) is 0.135. The largest absolute Gasteiger partial charge is 0.0798 e. The van der Waals surface area contributed by atoms with Crippen LogP contribution in [0, 0.1) is 0 Å². The fourth-order valence-corrected chi connectivity index (χ4v) is 8.50. The number of unbranched alkanes of at least 4 members (excludes halogenated alkanes) is 18. The third-order valence-electron chi connectivity index (χ3n) is 7.54. The van der Waals surface area contributed by atoms with Crippen molar-refractivity contribution in [2.75, 3.05) is 12.3 Å². The van der Waals surface area contributed by atoms with Crippen molar-refractivity contribution in [1.29, 1.82) is 0 Å². The van der Waals surface area contributed by atoms with Crippen molar-refractivity contribution in [2.24, 2.45) is 0 Å². The molecule has 0 unspecified atom stereocenters. The van der Waals surface area contributed by atoms with Crippen molar-refractivity contribution in [1.82, 2.24) is 0 Å². The van der Waals surface area contributed by atoms with Gasteiger partial charge in [-0.1, -0.05) is 164 Å². The maximum absolute atomic E-state index is 2.44. The summed E-state index contributed by atoms with van der Waals surface area (Å²) in [5.74, 6) is 0. The fraction of sp³-hybridized carbons (Fsp3) is 0.938. The van der Waals surface area contributed by atoms with Crippen LogP contribution >= 0.6 is 7.92 Å². The molecule has 0 spiro atoms. The maximum Gasteiger partial charge on any atom is -0.0289 e. The van der Waals surface area contributed by atoms with E-state index < -0.39 is 0 Å². The molecule has 0 aromatic carbocycles. The minimum atomic E-state index is 0.135. The lowest BCUT2D eigenvalue weighted by Gasteiger charge is -2.24. The van der Waals surface area contributed by atoms with Gasteiger partial charge in [0.05, 0.1) is 0 Å². The van der Waals surface area contributed by atoms with Crippen molar-refractivity contribution >= 4 is 7.92 Å². The van der Waals surface area contributed by atoms with Gasteiger partial charge in [0.2, 0.25) is 0 Å². The van der Waals surface area contributed by atoms with E-state index in [0.717, 1.165) is 0 Å². The molecule has 0 aliphatic carbocycles. The molecule has 0 N–H and O–H groups in total. The van der Waals surface area contributed by atoms with Gasteiger partial charge in [0.1, 0.15) is 0 Å². The Hall–Kier alpha value is 0.170. The molecule has 0 saturated carbocycles. The van der Waals surface area contributed by atoms with Crippen LogP contribution in [0.3, 0.4) is 0 Å². The van der Waals surface area contributed by atoms with Crippen molar-refractivity contribution in [3.63, 3.8) is 0 Å². The minimum Gasteiger partial charge on any atom is -0.0798 e. The monoisotopic (exact) mass is 480 g/mol. The predicted molar refractivity (Wildman–Crippen MR) is 158 cm³/mol. The second-order valence-corrected chi connectivity index (χ2v) is 13.0. The topological polar surface area (TPSA) is 0 Å². The summed E-state index contributed by atoms with van der Waals surface area (Å²) in [6.45, 7) is 11.8. The van der Waals surface area contributed by atoms with Crippen LogP contribution in [0.25, 0.3) is 0 Å². The van der Waals surface area contributed by atoms with Gasteiger partial charge in [-0.3, -0.25) is 0 Å². The van der Waals surface area contributed by atoms with E-state index in [9.17, 15) is 0 Å². The van der Waals surface area contributed by atoms with Crippen molar-refractivity contribution < 1.29 is 0 Å². The van der Waals surface area contributed by atoms with Crippen LogP contribution in [-0.4, -0.2) is 12.3 Å². The molecule has 0 saturated heterocycles. The zero-order chi connectivity index (χ0) is 24.4. The summed E-state index contributed by atoms with van der Waals surface area (Å²) in [6.07, 6.45) is 36.2. The highest BCUT2D eigenvalue weighted by molar-refractivity contribution is 7.62. The van der Waals surface area contributed by atoms with Crippen molar-refractivity contribution in [3.05, 3.63) is 10.9 Å². The van der Waals surface area contributed by atoms with Crippen LogP contribution in [-0.2, 0) is 0 Å². The quantitative estimate of drug-likeness (QED) is 0.0852. The van der Waals surface area contributed by atoms with Gasteiger partial charge in [-0.05, 0) is 49.7 Å². The molecular weight excluding hydrogens is 415 g/mol. The van der Waals surface area contributed by atoms with Crippen LogP contribution in [0.2, 0.25) is 0 Å². The average molecular weight is 481 g/mol. The lowest BCUT2D eigenvalue weighted by atomic mass is 10.1. The molecule has 0 aromatic heterocycles. The number of allylic oxidation sites excluding steroid dienone is 2. The molecule has 33 heavy (non-hydrogen) atoms. The van der Waals surface area contributed by atoms with Gasteiger partial charge in [-0.25, -0.2) is 0 Å². The van der Waals surface area contributed by atoms with Gasteiger partial charge >= 0.3 is 0 Å². The second kappa shape index (κ2) is 26.8. The first-order valence-corrected chi connectivity index (χ1v) is 17.4. The lowest BCUT2D eigenvalue weighted by Crippen LogP contribution is -1.98. The Morgan fingerprint density at radius 2 is 0.667 bits per heavy atom. The summed E-state index contributed by atoms with van der Waals surface area (Å²) >= 11 is 0. The van der Waals surface area contributed by atoms with Gasteiger partial charge in [0.25, 0.3) is 0 Å². The van der Waals surface area contributed by atoms with Crippen LogP contribution in [0.15, 0.2) is 10.9 Å². The SMILES string of the molecule is CCCCCCCCCCCCP(CCCCCCCCCCCC)C(CC)=C(CC)CC. The van der Waals surface area contributed by atoms with Gasteiger partial charge in [0, 0.05) is 0 Å². The molecule has 0 heterocycles. The lowest BCUT2D eigenvalue weighted by molar-refractivity contribution is 0.561. The summed E-state index contributed by atoms with van der Waals surface area (Å²) in [6, 6.07) is 0. The molecule has 0 atom stereocenters. The van der Waals surface area contributed by atoms with Crippen molar-refractivity contribution in [3.8, 4) is 0 Å². The Balaban J connectivity index is 4.20. The van der Waals surface area contributed by atoms with E-state index in [1.807, 2.05) is 10.9 Å². The van der Waals surface area contributed by atoms with E-state index in [1.54, 1.807) is 0 Å². The molecular formula is C32H65P. The highest BCUT2D eigenvalue weighted by Gasteiger charge is 2.15. The fourth-order valence-electron chi connectivity index (χ4n) is 5.32. The van der Waals surface area contributed by atoms with Crippen LogP contribution in [0.5, 0.6) is 0 Å². The molecule has 198 valence electrons. The molecule has 0 aliphatic heterocycles. The van der Waals surface area contributed by atoms with E-state index in [4.69, 9.17) is 0 Å². The summed E-state index contributed by atoms with van der Waals surface area (Å²) < 4.78 is 0. The molecule has 0 aromatic rings. The summed E-state index contributed by atoms with van der Waals surface area (Å²) in [4.78, 5) is 0. The van der Waals surface area contributed by atoms with E-state index in [0.29, 0.717) is 0 Å². The molecule has 0 rings (SSSR count). The Bertz CT molecular complexity index is 381. The minimum absolute atomic E-state index is 0.135. The Labute approximate surface area is 213 Å².